The molecule has 2 N–H and O–H groups in total. The molecular weight excluding hydrogens is 382 g/mol. The summed E-state index contributed by atoms with van der Waals surface area (Å²) in [4.78, 5) is 12.5. The summed E-state index contributed by atoms with van der Waals surface area (Å²) in [7, 11) is -3.87. The first-order valence-electron chi connectivity index (χ1n) is 7.28. The molecule has 5 nitrogen and oxygen atoms in total. The lowest BCUT2D eigenvalue weighted by Gasteiger charge is -2.09. The minimum absolute atomic E-state index is 0.0461. The second-order valence-electron chi connectivity index (χ2n) is 5.19. The molecule has 0 radical (unpaired) electrons. The molecule has 0 atom stereocenters. The predicted octanol–water partition coefficient (Wildman–Crippen LogP) is 4.08. The van der Waals surface area contributed by atoms with E-state index in [4.69, 9.17) is 0 Å². The van der Waals surface area contributed by atoms with Crippen LogP contribution in [-0.2, 0) is 10.0 Å². The average molecular weight is 394 g/mol. The Morgan fingerprint density at radius 2 is 1.62 bits per heavy atom. The van der Waals surface area contributed by atoms with E-state index < -0.39 is 27.6 Å². The van der Waals surface area contributed by atoms with Gasteiger partial charge in [-0.05, 0) is 35.7 Å². The Morgan fingerprint density at radius 3 is 2.27 bits per heavy atom. The summed E-state index contributed by atoms with van der Waals surface area (Å²) < 4.78 is 53.6. The van der Waals surface area contributed by atoms with Gasteiger partial charge < -0.3 is 5.32 Å². The second kappa shape index (κ2) is 7.22. The van der Waals surface area contributed by atoms with Crippen LogP contribution in [0.4, 0.5) is 20.2 Å². The first kappa shape index (κ1) is 18.0. The van der Waals surface area contributed by atoms with Crippen molar-refractivity contribution in [2.75, 3.05) is 10.0 Å². The lowest BCUT2D eigenvalue weighted by Crippen LogP contribution is -2.17. The molecule has 0 aliphatic carbocycles. The zero-order valence-electron chi connectivity index (χ0n) is 13.1. The fourth-order valence-electron chi connectivity index (χ4n) is 2.18. The predicted molar refractivity (Wildman–Crippen MR) is 95.9 cm³/mol. The largest absolute Gasteiger partial charge is 0.321 e. The molecule has 26 heavy (non-hydrogen) atoms. The van der Waals surface area contributed by atoms with E-state index in [1.807, 2.05) is 0 Å². The van der Waals surface area contributed by atoms with E-state index in [9.17, 15) is 22.0 Å². The van der Waals surface area contributed by atoms with Crippen LogP contribution in [0, 0.1) is 11.6 Å². The van der Waals surface area contributed by atoms with E-state index in [0.717, 1.165) is 23.5 Å². The third-order valence-electron chi connectivity index (χ3n) is 3.29. The Kier molecular flexibility index (Phi) is 5.01. The maximum atomic E-state index is 13.2. The standard InChI is InChI=1S/C17H12F2N2O3S2/c18-11-8-12(19)10-13(9-11)20-17(22)16-15(6-7-25-16)21-26(23,24)14-4-2-1-3-5-14/h1-10,21H,(H,20,22). The van der Waals surface area contributed by atoms with Gasteiger partial charge in [0.05, 0.1) is 10.6 Å². The summed E-state index contributed by atoms with van der Waals surface area (Å²) >= 11 is 0.995. The van der Waals surface area contributed by atoms with Crippen LogP contribution < -0.4 is 10.0 Å². The van der Waals surface area contributed by atoms with Gasteiger partial charge in [0.1, 0.15) is 16.5 Å². The number of benzene rings is 2. The molecule has 0 saturated heterocycles. The molecule has 1 amide bonds. The van der Waals surface area contributed by atoms with Gasteiger partial charge in [-0.2, -0.15) is 0 Å². The highest BCUT2D eigenvalue weighted by molar-refractivity contribution is 7.92. The summed E-state index contributed by atoms with van der Waals surface area (Å²) in [6.45, 7) is 0. The number of hydrogen-bond acceptors (Lipinski definition) is 4. The topological polar surface area (TPSA) is 75.3 Å². The number of carbonyl (C=O) groups is 1. The fraction of sp³-hybridized carbons (Fsp3) is 0. The van der Waals surface area contributed by atoms with Crippen molar-refractivity contribution in [1.29, 1.82) is 0 Å². The molecule has 3 rings (SSSR count). The van der Waals surface area contributed by atoms with Gasteiger partial charge in [-0.1, -0.05) is 18.2 Å². The number of nitrogens with one attached hydrogen (secondary N) is 2. The highest BCUT2D eigenvalue weighted by Crippen LogP contribution is 2.26. The minimum Gasteiger partial charge on any atom is -0.321 e. The molecule has 1 heterocycles. The van der Waals surface area contributed by atoms with E-state index in [1.54, 1.807) is 18.2 Å². The van der Waals surface area contributed by atoms with Crippen LogP contribution in [0.5, 0.6) is 0 Å². The maximum Gasteiger partial charge on any atom is 0.267 e. The molecule has 1 aromatic heterocycles. The number of thiophene rings is 1. The summed E-state index contributed by atoms with van der Waals surface area (Å²) in [6.07, 6.45) is 0. The smallest absolute Gasteiger partial charge is 0.267 e. The quantitative estimate of drug-likeness (QED) is 0.685. The number of amides is 1. The highest BCUT2D eigenvalue weighted by Gasteiger charge is 2.20. The van der Waals surface area contributed by atoms with Crippen molar-refractivity contribution in [2.45, 2.75) is 4.90 Å². The Hall–Kier alpha value is -2.78. The Balaban J connectivity index is 1.83. The second-order valence-corrected chi connectivity index (χ2v) is 7.79. The van der Waals surface area contributed by atoms with Gasteiger partial charge >= 0.3 is 0 Å². The summed E-state index contributed by atoms with van der Waals surface area (Å²) in [5, 5.41) is 3.88. The minimum atomic E-state index is -3.87. The molecule has 2 aromatic carbocycles. The Morgan fingerprint density at radius 1 is 0.962 bits per heavy atom. The van der Waals surface area contributed by atoms with Gasteiger partial charge in [0, 0.05) is 11.8 Å². The molecule has 0 saturated carbocycles. The summed E-state index contributed by atoms with van der Waals surface area (Å²) in [5.74, 6) is -2.36. The molecular formula is C17H12F2N2O3S2. The molecule has 0 fully saturated rings. The van der Waals surface area contributed by atoms with Gasteiger partial charge in [-0.3, -0.25) is 9.52 Å². The van der Waals surface area contributed by atoms with Gasteiger partial charge in [0.15, 0.2) is 0 Å². The van der Waals surface area contributed by atoms with Crippen LogP contribution in [0.15, 0.2) is 64.9 Å². The van der Waals surface area contributed by atoms with Crippen molar-refractivity contribution < 1.29 is 22.0 Å². The van der Waals surface area contributed by atoms with Crippen LogP contribution in [0.3, 0.4) is 0 Å². The van der Waals surface area contributed by atoms with E-state index in [1.165, 1.54) is 23.6 Å². The molecule has 134 valence electrons. The number of hydrogen-bond donors (Lipinski definition) is 2. The first-order valence-corrected chi connectivity index (χ1v) is 9.64. The van der Waals surface area contributed by atoms with Gasteiger partial charge in [0.2, 0.25) is 0 Å². The fourth-order valence-corrected chi connectivity index (χ4v) is 4.08. The number of sulfonamides is 1. The van der Waals surface area contributed by atoms with Gasteiger partial charge in [-0.25, -0.2) is 17.2 Å². The number of halogens is 2. The number of anilines is 2. The van der Waals surface area contributed by atoms with Crippen molar-refractivity contribution in [3.63, 3.8) is 0 Å². The van der Waals surface area contributed by atoms with Crippen molar-refractivity contribution in [3.8, 4) is 0 Å². The first-order chi connectivity index (χ1) is 12.3. The molecule has 0 unspecified atom stereocenters. The Bertz CT molecular complexity index is 1030. The molecule has 0 aliphatic rings. The number of rotatable bonds is 5. The van der Waals surface area contributed by atoms with Crippen LogP contribution in [-0.4, -0.2) is 14.3 Å². The van der Waals surface area contributed by atoms with Gasteiger partial charge in [0.25, 0.3) is 15.9 Å². The summed E-state index contributed by atoms with van der Waals surface area (Å²) in [5.41, 5.74) is 0.00555. The van der Waals surface area contributed by atoms with E-state index in [2.05, 4.69) is 10.0 Å². The normalized spacial score (nSPS) is 11.2. The number of carbonyl (C=O) groups excluding carboxylic acids is 1. The monoisotopic (exact) mass is 394 g/mol. The van der Waals surface area contributed by atoms with Crippen molar-refractivity contribution in [2.24, 2.45) is 0 Å². The molecule has 9 heteroatoms. The maximum absolute atomic E-state index is 13.2. The SMILES string of the molecule is O=C(Nc1cc(F)cc(F)c1)c1sccc1NS(=O)(=O)c1ccccc1. The van der Waals surface area contributed by atoms with Gasteiger partial charge in [-0.15, -0.1) is 11.3 Å². The molecule has 3 aromatic rings. The third-order valence-corrected chi connectivity index (χ3v) is 5.58. The average Bonchev–Trinajstić information content (AvgIpc) is 3.02. The molecule has 0 bridgehead atoms. The van der Waals surface area contributed by atoms with Crippen molar-refractivity contribution in [1.82, 2.24) is 0 Å². The van der Waals surface area contributed by atoms with E-state index in [-0.39, 0.29) is 21.1 Å². The summed E-state index contributed by atoms with van der Waals surface area (Å²) in [6, 6.07) is 11.7. The van der Waals surface area contributed by atoms with Crippen LogP contribution in [0.1, 0.15) is 9.67 Å². The lowest BCUT2D eigenvalue weighted by atomic mass is 10.3. The van der Waals surface area contributed by atoms with E-state index in [0.29, 0.717) is 6.07 Å². The highest BCUT2D eigenvalue weighted by atomic mass is 32.2. The molecule has 0 aliphatic heterocycles. The van der Waals surface area contributed by atoms with Crippen LogP contribution >= 0.6 is 11.3 Å². The zero-order valence-corrected chi connectivity index (χ0v) is 14.7. The Labute approximate surface area is 152 Å². The zero-order chi connectivity index (χ0) is 18.7. The van der Waals surface area contributed by atoms with Crippen molar-refractivity contribution in [3.05, 3.63) is 76.5 Å². The lowest BCUT2D eigenvalue weighted by molar-refractivity contribution is 0.103. The van der Waals surface area contributed by atoms with Crippen molar-refractivity contribution >= 4 is 38.6 Å². The third kappa shape index (κ3) is 4.06. The van der Waals surface area contributed by atoms with E-state index >= 15 is 0 Å². The molecule has 0 spiro atoms. The van der Waals surface area contributed by atoms with Crippen LogP contribution in [0.2, 0.25) is 0 Å². The van der Waals surface area contributed by atoms with Crippen LogP contribution in [0.25, 0.3) is 0 Å².